The summed E-state index contributed by atoms with van der Waals surface area (Å²) in [6.45, 7) is 4.76. The molecule has 0 amide bonds. The van der Waals surface area contributed by atoms with Crippen molar-refractivity contribution in [2.45, 2.75) is 71.1 Å². The third-order valence-corrected chi connectivity index (χ3v) is 4.75. The van der Waals surface area contributed by atoms with Crippen LogP contribution >= 0.6 is 0 Å². The zero-order valence-corrected chi connectivity index (χ0v) is 18.7. The van der Waals surface area contributed by atoms with Gasteiger partial charge in [-0.2, -0.15) is 0 Å². The van der Waals surface area contributed by atoms with Gasteiger partial charge in [0.25, 0.3) is 0 Å². The van der Waals surface area contributed by atoms with Crippen LogP contribution in [-0.2, 0) is 19.0 Å². The number of benzene rings is 1. The molecule has 0 aromatic heterocycles. The molecule has 0 saturated carbocycles. The van der Waals surface area contributed by atoms with Crippen LogP contribution in [0, 0.1) is 0 Å². The maximum absolute atomic E-state index is 11.7. The predicted octanol–water partition coefficient (Wildman–Crippen LogP) is 5.14. The average Bonchev–Trinajstić information content (AvgIpc) is 2.75. The summed E-state index contributed by atoms with van der Waals surface area (Å²) < 4.78 is 21.6. The molecule has 1 rings (SSSR count). The molecule has 6 nitrogen and oxygen atoms in total. The monoisotopic (exact) mass is 423 g/mol. The van der Waals surface area contributed by atoms with Gasteiger partial charge in [-0.15, -0.1) is 0 Å². The Balaban J connectivity index is 1.79. The second-order valence-corrected chi connectivity index (χ2v) is 7.41. The molecule has 0 spiro atoms. The molecule has 0 radical (unpaired) electrons. The molecule has 0 bridgehead atoms. The lowest BCUT2D eigenvalue weighted by atomic mass is 10.1. The third-order valence-electron chi connectivity index (χ3n) is 4.75. The summed E-state index contributed by atoms with van der Waals surface area (Å²) >= 11 is 0. The number of rotatable bonds is 20. The second kappa shape index (κ2) is 19.2. The lowest BCUT2D eigenvalue weighted by Gasteiger charge is -2.09. The fraction of sp³-hybridized carbons (Fsp3) is 0.708. The third kappa shape index (κ3) is 15.1. The van der Waals surface area contributed by atoms with Crippen molar-refractivity contribution in [3.8, 4) is 5.75 Å². The van der Waals surface area contributed by atoms with E-state index in [0.29, 0.717) is 57.5 Å². The average molecular weight is 424 g/mol. The van der Waals surface area contributed by atoms with Gasteiger partial charge >= 0.3 is 5.97 Å². The number of hydrogen-bond donors (Lipinski definition) is 1. The minimum absolute atomic E-state index is 0.130. The van der Waals surface area contributed by atoms with Crippen molar-refractivity contribution >= 4 is 11.7 Å². The normalized spacial score (nSPS) is 10.8. The zero-order chi connectivity index (χ0) is 21.7. The number of para-hydroxylation sites is 2. The van der Waals surface area contributed by atoms with E-state index in [1.165, 1.54) is 44.9 Å². The van der Waals surface area contributed by atoms with Gasteiger partial charge in [0.2, 0.25) is 0 Å². The molecule has 0 aliphatic rings. The lowest BCUT2D eigenvalue weighted by Crippen LogP contribution is -2.14. The summed E-state index contributed by atoms with van der Waals surface area (Å²) in [6, 6.07) is 7.37. The number of esters is 1. The van der Waals surface area contributed by atoms with E-state index in [9.17, 15) is 4.79 Å². The van der Waals surface area contributed by atoms with Crippen LogP contribution in [-0.4, -0.2) is 45.6 Å². The quantitative estimate of drug-likeness (QED) is 0.178. The smallest absolute Gasteiger partial charge is 0.305 e. The van der Waals surface area contributed by atoms with Gasteiger partial charge in [-0.25, -0.2) is 0 Å². The van der Waals surface area contributed by atoms with Crippen molar-refractivity contribution in [2.75, 3.05) is 45.4 Å². The van der Waals surface area contributed by atoms with E-state index in [1.807, 2.05) is 18.2 Å². The minimum Gasteiger partial charge on any atom is -0.489 e. The molecule has 0 saturated heterocycles. The Morgan fingerprint density at radius 2 is 1.33 bits per heavy atom. The van der Waals surface area contributed by atoms with E-state index in [4.69, 9.17) is 24.7 Å². The Kier molecular flexibility index (Phi) is 16.8. The maximum Gasteiger partial charge on any atom is 0.305 e. The number of anilines is 1. The summed E-state index contributed by atoms with van der Waals surface area (Å²) in [5.74, 6) is 0.539. The number of hydrogen-bond acceptors (Lipinski definition) is 6. The van der Waals surface area contributed by atoms with Crippen LogP contribution in [0.25, 0.3) is 0 Å². The highest BCUT2D eigenvalue weighted by Gasteiger charge is 2.03. The van der Waals surface area contributed by atoms with Crippen LogP contribution in [0.3, 0.4) is 0 Å². The van der Waals surface area contributed by atoms with Gasteiger partial charge in [-0.05, 0) is 18.6 Å². The zero-order valence-electron chi connectivity index (χ0n) is 18.7. The van der Waals surface area contributed by atoms with Crippen molar-refractivity contribution < 1.29 is 23.7 Å². The molecular weight excluding hydrogens is 382 g/mol. The van der Waals surface area contributed by atoms with Gasteiger partial charge in [0.1, 0.15) is 19.0 Å². The molecule has 0 unspecified atom stereocenters. The van der Waals surface area contributed by atoms with Gasteiger partial charge in [0.15, 0.2) is 0 Å². The number of carbonyl (C=O) groups is 1. The van der Waals surface area contributed by atoms with Crippen LogP contribution in [0.1, 0.15) is 71.1 Å². The number of nitrogen functional groups attached to an aromatic ring is 1. The number of unbranched alkanes of at least 4 members (excludes halogenated alkanes) is 8. The largest absolute Gasteiger partial charge is 0.489 e. The summed E-state index contributed by atoms with van der Waals surface area (Å²) in [5.41, 5.74) is 6.41. The Labute approximate surface area is 182 Å². The van der Waals surface area contributed by atoms with E-state index < -0.39 is 0 Å². The highest BCUT2D eigenvalue weighted by molar-refractivity contribution is 5.69. The Morgan fingerprint density at radius 3 is 2.00 bits per heavy atom. The van der Waals surface area contributed by atoms with Gasteiger partial charge < -0.3 is 24.7 Å². The lowest BCUT2D eigenvalue weighted by molar-refractivity contribution is -0.145. The first-order chi connectivity index (χ1) is 14.7. The molecule has 6 heteroatoms. The molecule has 30 heavy (non-hydrogen) atoms. The minimum atomic E-state index is -0.130. The molecule has 0 aliphatic heterocycles. The Bertz CT molecular complexity index is 538. The van der Waals surface area contributed by atoms with Crippen LogP contribution in [0.15, 0.2) is 24.3 Å². The van der Waals surface area contributed by atoms with Crippen molar-refractivity contribution in [1.82, 2.24) is 0 Å². The van der Waals surface area contributed by atoms with Crippen molar-refractivity contribution in [3.63, 3.8) is 0 Å². The summed E-state index contributed by atoms with van der Waals surface area (Å²) in [6.07, 6.45) is 11.7. The first-order valence-corrected chi connectivity index (χ1v) is 11.5. The van der Waals surface area contributed by atoms with Gasteiger partial charge in [0, 0.05) is 6.42 Å². The van der Waals surface area contributed by atoms with Crippen molar-refractivity contribution in [3.05, 3.63) is 24.3 Å². The highest BCUT2D eigenvalue weighted by atomic mass is 16.6. The molecule has 0 fully saturated rings. The van der Waals surface area contributed by atoms with E-state index in [0.717, 1.165) is 12.8 Å². The van der Waals surface area contributed by atoms with Crippen molar-refractivity contribution in [1.29, 1.82) is 0 Å². The van der Waals surface area contributed by atoms with Crippen LogP contribution in [0.2, 0.25) is 0 Å². The predicted molar refractivity (Wildman–Crippen MR) is 121 cm³/mol. The Hall–Kier alpha value is -1.79. The molecule has 2 N–H and O–H groups in total. The molecule has 172 valence electrons. The van der Waals surface area contributed by atoms with E-state index in [-0.39, 0.29) is 5.97 Å². The molecule has 0 aliphatic carbocycles. The number of ether oxygens (including phenoxy) is 4. The van der Waals surface area contributed by atoms with Crippen LogP contribution < -0.4 is 10.5 Å². The van der Waals surface area contributed by atoms with Gasteiger partial charge in [-0.3, -0.25) is 4.79 Å². The highest BCUT2D eigenvalue weighted by Crippen LogP contribution is 2.19. The van der Waals surface area contributed by atoms with E-state index in [2.05, 4.69) is 6.92 Å². The maximum atomic E-state index is 11.7. The molecule has 0 heterocycles. The van der Waals surface area contributed by atoms with Gasteiger partial charge in [-0.1, -0.05) is 70.4 Å². The summed E-state index contributed by atoms with van der Waals surface area (Å²) in [4.78, 5) is 11.7. The molecule has 1 aromatic carbocycles. The SMILES string of the molecule is CCCCCCCCCCCC(=O)OCCOCCOCCOc1ccccc1N. The number of carbonyl (C=O) groups excluding carboxylic acids is 1. The summed E-state index contributed by atoms with van der Waals surface area (Å²) in [7, 11) is 0. The molecule has 0 atom stereocenters. The van der Waals surface area contributed by atoms with E-state index >= 15 is 0 Å². The number of nitrogens with two attached hydrogens (primary N) is 1. The second-order valence-electron chi connectivity index (χ2n) is 7.41. The van der Waals surface area contributed by atoms with E-state index in [1.54, 1.807) is 6.07 Å². The summed E-state index contributed by atoms with van der Waals surface area (Å²) in [5, 5.41) is 0. The van der Waals surface area contributed by atoms with Crippen LogP contribution in [0.4, 0.5) is 5.69 Å². The fourth-order valence-corrected chi connectivity index (χ4v) is 3.01. The van der Waals surface area contributed by atoms with Crippen molar-refractivity contribution in [2.24, 2.45) is 0 Å². The first kappa shape index (κ1) is 26.2. The molecule has 1 aromatic rings. The van der Waals surface area contributed by atoms with Crippen LogP contribution in [0.5, 0.6) is 5.75 Å². The van der Waals surface area contributed by atoms with Gasteiger partial charge in [0.05, 0.1) is 32.1 Å². The molecular formula is C24H41NO5. The standard InChI is InChI=1S/C24H41NO5/c1-2-3-4-5-6-7-8-9-10-15-24(26)30-21-19-28-17-16-27-18-20-29-23-14-12-11-13-22(23)25/h11-14H,2-10,15-21,25H2,1H3. The topological polar surface area (TPSA) is 80.0 Å². The first-order valence-electron chi connectivity index (χ1n) is 11.5. The fourth-order valence-electron chi connectivity index (χ4n) is 3.01. The Morgan fingerprint density at radius 1 is 0.767 bits per heavy atom.